The molecule has 0 atom stereocenters. The predicted octanol–water partition coefficient (Wildman–Crippen LogP) is 1.61. The lowest BCUT2D eigenvalue weighted by atomic mass is 10.1. The van der Waals surface area contributed by atoms with Crippen molar-refractivity contribution in [2.75, 3.05) is 19.8 Å². The maximum Gasteiger partial charge on any atom is 0.317 e. The molecule has 1 aliphatic heterocycles. The fourth-order valence-corrected chi connectivity index (χ4v) is 1.89. The summed E-state index contributed by atoms with van der Waals surface area (Å²) < 4.78 is 5.30. The standard InChI is InChI=1S/C11H22N2O2/c1-4-13(11(14)12-9(2)3)10-5-7-15-8-6-10/h9-10H,4-8H2,1-3H3,(H,12,14). The average Bonchev–Trinajstić information content (AvgIpc) is 2.19. The molecule has 0 unspecified atom stereocenters. The molecule has 4 heteroatoms. The summed E-state index contributed by atoms with van der Waals surface area (Å²) in [6, 6.07) is 0.605. The van der Waals surface area contributed by atoms with Crippen molar-refractivity contribution in [2.24, 2.45) is 0 Å². The highest BCUT2D eigenvalue weighted by Crippen LogP contribution is 2.14. The molecule has 0 aliphatic carbocycles. The predicted molar refractivity (Wildman–Crippen MR) is 59.9 cm³/mol. The summed E-state index contributed by atoms with van der Waals surface area (Å²) in [5, 5.41) is 2.94. The van der Waals surface area contributed by atoms with Gasteiger partial charge >= 0.3 is 6.03 Å². The maximum absolute atomic E-state index is 11.9. The molecule has 15 heavy (non-hydrogen) atoms. The molecule has 0 aromatic carbocycles. The molecule has 1 heterocycles. The minimum absolute atomic E-state index is 0.0550. The number of hydrogen-bond donors (Lipinski definition) is 1. The van der Waals surface area contributed by atoms with Crippen molar-refractivity contribution in [3.8, 4) is 0 Å². The van der Waals surface area contributed by atoms with Crippen LogP contribution in [0.1, 0.15) is 33.6 Å². The van der Waals surface area contributed by atoms with Crippen LogP contribution in [-0.4, -0.2) is 42.8 Å². The quantitative estimate of drug-likeness (QED) is 0.775. The minimum atomic E-state index is 0.0550. The lowest BCUT2D eigenvalue weighted by molar-refractivity contribution is 0.0470. The lowest BCUT2D eigenvalue weighted by Gasteiger charge is -2.34. The molecular formula is C11H22N2O2. The number of urea groups is 1. The van der Waals surface area contributed by atoms with E-state index in [1.165, 1.54) is 0 Å². The van der Waals surface area contributed by atoms with E-state index in [1.54, 1.807) is 0 Å². The zero-order valence-electron chi connectivity index (χ0n) is 9.95. The Kier molecular flexibility index (Phi) is 4.88. The summed E-state index contributed by atoms with van der Waals surface area (Å²) in [5.74, 6) is 0. The second-order valence-corrected chi connectivity index (χ2v) is 4.23. The first-order chi connectivity index (χ1) is 7.15. The Balaban J connectivity index is 2.49. The first-order valence-electron chi connectivity index (χ1n) is 5.80. The summed E-state index contributed by atoms with van der Waals surface area (Å²) >= 11 is 0. The monoisotopic (exact) mass is 214 g/mol. The topological polar surface area (TPSA) is 41.6 Å². The van der Waals surface area contributed by atoms with Gasteiger partial charge in [0.2, 0.25) is 0 Å². The molecule has 0 bridgehead atoms. The van der Waals surface area contributed by atoms with Gasteiger partial charge in [-0.25, -0.2) is 4.79 Å². The number of carbonyl (C=O) groups excluding carboxylic acids is 1. The highest BCUT2D eigenvalue weighted by atomic mass is 16.5. The van der Waals surface area contributed by atoms with Crippen LogP contribution in [-0.2, 0) is 4.74 Å². The molecule has 1 aliphatic rings. The van der Waals surface area contributed by atoms with Crippen LogP contribution < -0.4 is 5.32 Å². The number of hydrogen-bond acceptors (Lipinski definition) is 2. The van der Waals surface area contributed by atoms with E-state index in [4.69, 9.17) is 4.74 Å². The van der Waals surface area contributed by atoms with E-state index in [0.717, 1.165) is 32.6 Å². The normalized spacial score (nSPS) is 17.9. The molecule has 4 nitrogen and oxygen atoms in total. The molecule has 0 spiro atoms. The van der Waals surface area contributed by atoms with Crippen LogP contribution >= 0.6 is 0 Å². The fourth-order valence-electron chi connectivity index (χ4n) is 1.89. The smallest absolute Gasteiger partial charge is 0.317 e. The van der Waals surface area contributed by atoms with Crippen LogP contribution in [0.15, 0.2) is 0 Å². The van der Waals surface area contributed by atoms with Gasteiger partial charge in [0.15, 0.2) is 0 Å². The maximum atomic E-state index is 11.9. The van der Waals surface area contributed by atoms with Gasteiger partial charge in [-0.3, -0.25) is 0 Å². The Morgan fingerprint density at radius 2 is 2.07 bits per heavy atom. The summed E-state index contributed by atoms with van der Waals surface area (Å²) in [4.78, 5) is 13.8. The molecule has 0 aromatic heterocycles. The SMILES string of the molecule is CCN(C(=O)NC(C)C)C1CCOCC1. The highest BCUT2D eigenvalue weighted by Gasteiger charge is 2.24. The Morgan fingerprint density at radius 3 is 2.53 bits per heavy atom. The van der Waals surface area contributed by atoms with Gasteiger partial charge in [-0.05, 0) is 33.6 Å². The van der Waals surface area contributed by atoms with Gasteiger partial charge in [-0.1, -0.05) is 0 Å². The third kappa shape index (κ3) is 3.70. The van der Waals surface area contributed by atoms with Gasteiger partial charge < -0.3 is 15.0 Å². The van der Waals surface area contributed by atoms with E-state index in [-0.39, 0.29) is 12.1 Å². The molecule has 1 saturated heterocycles. The zero-order valence-corrected chi connectivity index (χ0v) is 9.95. The second kappa shape index (κ2) is 5.95. The number of nitrogens with zero attached hydrogens (tertiary/aromatic N) is 1. The molecule has 2 amide bonds. The van der Waals surface area contributed by atoms with E-state index in [1.807, 2.05) is 25.7 Å². The summed E-state index contributed by atoms with van der Waals surface area (Å²) in [6.07, 6.45) is 1.92. The Labute approximate surface area is 92.0 Å². The van der Waals surface area contributed by atoms with Crippen molar-refractivity contribution >= 4 is 6.03 Å². The number of ether oxygens (including phenoxy) is 1. The van der Waals surface area contributed by atoms with Gasteiger partial charge in [-0.15, -0.1) is 0 Å². The van der Waals surface area contributed by atoms with Crippen molar-refractivity contribution in [1.82, 2.24) is 10.2 Å². The Morgan fingerprint density at radius 1 is 1.47 bits per heavy atom. The van der Waals surface area contributed by atoms with Crippen molar-refractivity contribution in [2.45, 2.75) is 45.7 Å². The molecule has 88 valence electrons. The second-order valence-electron chi connectivity index (χ2n) is 4.23. The largest absolute Gasteiger partial charge is 0.381 e. The van der Waals surface area contributed by atoms with Gasteiger partial charge in [0.1, 0.15) is 0 Å². The van der Waals surface area contributed by atoms with E-state index in [0.29, 0.717) is 6.04 Å². The summed E-state index contributed by atoms with van der Waals surface area (Å²) in [6.45, 7) is 8.30. The molecule has 1 rings (SSSR count). The van der Waals surface area contributed by atoms with Gasteiger partial charge in [-0.2, -0.15) is 0 Å². The first-order valence-corrected chi connectivity index (χ1v) is 5.80. The van der Waals surface area contributed by atoms with E-state index in [2.05, 4.69) is 5.32 Å². The third-order valence-corrected chi connectivity index (χ3v) is 2.65. The molecule has 0 radical (unpaired) electrons. The van der Waals surface area contributed by atoms with Crippen molar-refractivity contribution in [3.05, 3.63) is 0 Å². The molecule has 0 saturated carbocycles. The molecule has 1 fully saturated rings. The molecule has 0 aromatic rings. The van der Waals surface area contributed by atoms with Crippen LogP contribution in [0.2, 0.25) is 0 Å². The zero-order chi connectivity index (χ0) is 11.3. The van der Waals surface area contributed by atoms with E-state index >= 15 is 0 Å². The first kappa shape index (κ1) is 12.3. The molecular weight excluding hydrogens is 192 g/mol. The average molecular weight is 214 g/mol. The van der Waals surface area contributed by atoms with Gasteiger partial charge in [0.05, 0.1) is 0 Å². The Bertz CT molecular complexity index is 201. The van der Waals surface area contributed by atoms with E-state index < -0.39 is 0 Å². The third-order valence-electron chi connectivity index (χ3n) is 2.65. The highest BCUT2D eigenvalue weighted by molar-refractivity contribution is 5.74. The number of amides is 2. The summed E-state index contributed by atoms with van der Waals surface area (Å²) in [5.41, 5.74) is 0. The van der Waals surface area contributed by atoms with Crippen molar-refractivity contribution < 1.29 is 9.53 Å². The van der Waals surface area contributed by atoms with Crippen molar-refractivity contribution in [1.29, 1.82) is 0 Å². The van der Waals surface area contributed by atoms with Crippen LogP contribution in [0.4, 0.5) is 4.79 Å². The Hall–Kier alpha value is -0.770. The minimum Gasteiger partial charge on any atom is -0.381 e. The van der Waals surface area contributed by atoms with Crippen molar-refractivity contribution in [3.63, 3.8) is 0 Å². The van der Waals surface area contributed by atoms with Crippen LogP contribution in [0, 0.1) is 0 Å². The van der Waals surface area contributed by atoms with Gasteiger partial charge in [0, 0.05) is 31.8 Å². The van der Waals surface area contributed by atoms with Crippen LogP contribution in [0.5, 0.6) is 0 Å². The fraction of sp³-hybridized carbons (Fsp3) is 0.909. The lowest BCUT2D eigenvalue weighted by Crippen LogP contribution is -2.49. The summed E-state index contributed by atoms with van der Waals surface area (Å²) in [7, 11) is 0. The molecule has 1 N–H and O–H groups in total. The number of rotatable bonds is 3. The van der Waals surface area contributed by atoms with Gasteiger partial charge in [0.25, 0.3) is 0 Å². The van der Waals surface area contributed by atoms with Crippen LogP contribution in [0.3, 0.4) is 0 Å². The van der Waals surface area contributed by atoms with Crippen LogP contribution in [0.25, 0.3) is 0 Å². The number of carbonyl (C=O) groups is 1. The van der Waals surface area contributed by atoms with E-state index in [9.17, 15) is 4.79 Å². The number of nitrogens with one attached hydrogen (secondary N) is 1.